The molecule has 0 unspecified atom stereocenters. The van der Waals surface area contributed by atoms with Crippen molar-refractivity contribution in [1.29, 1.82) is 0 Å². The average molecular weight is 285 g/mol. The maximum Gasteiger partial charge on any atom is 0.256 e. The van der Waals surface area contributed by atoms with Crippen LogP contribution in [-0.2, 0) is 5.41 Å². The number of nitrogens with one attached hydrogen (secondary N) is 1. The van der Waals surface area contributed by atoms with Gasteiger partial charge in [0, 0.05) is 42.8 Å². The van der Waals surface area contributed by atoms with Gasteiger partial charge in [-0.2, -0.15) is 5.10 Å². The van der Waals surface area contributed by atoms with Crippen LogP contribution in [0.15, 0.2) is 24.7 Å². The zero-order chi connectivity index (χ0) is 14.9. The summed E-state index contributed by atoms with van der Waals surface area (Å²) in [7, 11) is 0. The first kappa shape index (κ1) is 13.7. The molecule has 21 heavy (non-hydrogen) atoms. The summed E-state index contributed by atoms with van der Waals surface area (Å²) >= 11 is 0. The highest BCUT2D eigenvalue weighted by Crippen LogP contribution is 2.33. The summed E-state index contributed by atoms with van der Waals surface area (Å²) in [5, 5.41) is 7.09. The van der Waals surface area contributed by atoms with E-state index < -0.39 is 0 Å². The SMILES string of the molecule is Cc1ncc(C(=O)N2CCC(C)(c3ccn[nH]3)CC2)cn1. The Balaban J connectivity index is 1.68. The Morgan fingerprint density at radius 2 is 1.95 bits per heavy atom. The van der Waals surface area contributed by atoms with Crippen LogP contribution < -0.4 is 0 Å². The minimum atomic E-state index is 0.0154. The number of rotatable bonds is 2. The van der Waals surface area contributed by atoms with Crippen molar-refractivity contribution in [2.24, 2.45) is 0 Å². The van der Waals surface area contributed by atoms with E-state index in [0.717, 1.165) is 31.6 Å². The highest BCUT2D eigenvalue weighted by molar-refractivity contribution is 5.93. The van der Waals surface area contributed by atoms with Crippen molar-refractivity contribution in [2.45, 2.75) is 32.1 Å². The van der Waals surface area contributed by atoms with Crippen LogP contribution >= 0.6 is 0 Å². The summed E-state index contributed by atoms with van der Waals surface area (Å²) in [5.41, 5.74) is 1.77. The van der Waals surface area contributed by atoms with Crippen LogP contribution in [0.25, 0.3) is 0 Å². The second kappa shape index (κ2) is 5.27. The molecule has 0 radical (unpaired) electrons. The predicted octanol–water partition coefficient (Wildman–Crippen LogP) is 1.70. The molecular formula is C15H19N5O. The highest BCUT2D eigenvalue weighted by atomic mass is 16.2. The third kappa shape index (κ3) is 2.66. The molecule has 3 heterocycles. The van der Waals surface area contributed by atoms with Gasteiger partial charge in [0.15, 0.2) is 0 Å². The molecule has 1 fully saturated rings. The van der Waals surface area contributed by atoms with E-state index in [1.807, 2.05) is 17.9 Å². The number of amides is 1. The van der Waals surface area contributed by atoms with Gasteiger partial charge in [-0.1, -0.05) is 6.92 Å². The molecule has 0 aromatic carbocycles. The lowest BCUT2D eigenvalue weighted by atomic mass is 9.77. The minimum absolute atomic E-state index is 0.0154. The van der Waals surface area contributed by atoms with Gasteiger partial charge in [-0.05, 0) is 25.8 Å². The lowest BCUT2D eigenvalue weighted by Crippen LogP contribution is -2.44. The van der Waals surface area contributed by atoms with E-state index in [2.05, 4.69) is 27.1 Å². The molecule has 1 aliphatic heterocycles. The third-order valence-corrected chi connectivity index (χ3v) is 4.33. The van der Waals surface area contributed by atoms with E-state index >= 15 is 0 Å². The molecular weight excluding hydrogens is 266 g/mol. The van der Waals surface area contributed by atoms with E-state index in [1.165, 1.54) is 0 Å². The van der Waals surface area contributed by atoms with Crippen LogP contribution in [0.2, 0.25) is 0 Å². The van der Waals surface area contributed by atoms with Gasteiger partial charge in [-0.3, -0.25) is 9.89 Å². The summed E-state index contributed by atoms with van der Waals surface area (Å²) in [6.45, 7) is 5.51. The van der Waals surface area contributed by atoms with Gasteiger partial charge >= 0.3 is 0 Å². The summed E-state index contributed by atoms with van der Waals surface area (Å²) in [4.78, 5) is 22.5. The van der Waals surface area contributed by atoms with Crippen molar-refractivity contribution in [3.05, 3.63) is 41.7 Å². The van der Waals surface area contributed by atoms with Gasteiger partial charge in [0.25, 0.3) is 5.91 Å². The molecule has 1 aliphatic rings. The Morgan fingerprint density at radius 3 is 2.52 bits per heavy atom. The number of aromatic nitrogens is 4. The number of hydrogen-bond donors (Lipinski definition) is 1. The lowest BCUT2D eigenvalue weighted by molar-refractivity contribution is 0.0673. The molecule has 6 nitrogen and oxygen atoms in total. The quantitative estimate of drug-likeness (QED) is 0.911. The Bertz CT molecular complexity index is 612. The molecule has 2 aromatic heterocycles. The van der Waals surface area contributed by atoms with Crippen LogP contribution in [0, 0.1) is 6.92 Å². The molecule has 1 saturated heterocycles. The zero-order valence-corrected chi connectivity index (χ0v) is 12.3. The Hall–Kier alpha value is -2.24. The number of aryl methyl sites for hydroxylation is 1. The third-order valence-electron chi connectivity index (χ3n) is 4.33. The highest BCUT2D eigenvalue weighted by Gasteiger charge is 2.34. The number of piperidine rings is 1. The molecule has 2 aromatic rings. The molecule has 0 aliphatic carbocycles. The van der Waals surface area contributed by atoms with Crippen molar-refractivity contribution in [3.63, 3.8) is 0 Å². The van der Waals surface area contributed by atoms with Gasteiger partial charge in [0.2, 0.25) is 0 Å². The van der Waals surface area contributed by atoms with E-state index in [4.69, 9.17) is 0 Å². The summed E-state index contributed by atoms with van der Waals surface area (Å²) in [5.74, 6) is 0.693. The van der Waals surface area contributed by atoms with Crippen molar-refractivity contribution >= 4 is 5.91 Å². The Morgan fingerprint density at radius 1 is 1.29 bits per heavy atom. The van der Waals surface area contributed by atoms with E-state index in [0.29, 0.717) is 11.4 Å². The lowest BCUT2D eigenvalue weighted by Gasteiger charge is -2.38. The molecule has 0 bridgehead atoms. The van der Waals surface area contributed by atoms with Crippen molar-refractivity contribution < 1.29 is 4.79 Å². The molecule has 0 atom stereocenters. The molecule has 3 rings (SSSR count). The monoisotopic (exact) mass is 285 g/mol. The fourth-order valence-corrected chi connectivity index (χ4v) is 2.75. The molecule has 1 amide bonds. The second-order valence-electron chi connectivity index (χ2n) is 5.84. The minimum Gasteiger partial charge on any atom is -0.338 e. The first-order valence-corrected chi connectivity index (χ1v) is 7.16. The maximum atomic E-state index is 12.4. The summed E-state index contributed by atoms with van der Waals surface area (Å²) < 4.78 is 0. The van der Waals surface area contributed by atoms with Crippen molar-refractivity contribution in [3.8, 4) is 0 Å². The number of aromatic amines is 1. The number of hydrogen-bond acceptors (Lipinski definition) is 4. The number of likely N-dealkylation sites (tertiary alicyclic amines) is 1. The fraction of sp³-hybridized carbons (Fsp3) is 0.467. The number of carbonyl (C=O) groups is 1. The number of H-pyrrole nitrogens is 1. The largest absolute Gasteiger partial charge is 0.338 e. The molecule has 0 saturated carbocycles. The number of carbonyl (C=O) groups excluding carboxylic acids is 1. The van der Waals surface area contributed by atoms with E-state index in [-0.39, 0.29) is 11.3 Å². The van der Waals surface area contributed by atoms with E-state index in [1.54, 1.807) is 18.6 Å². The standard InChI is InChI=1S/C15H19N5O/c1-11-16-9-12(10-17-11)14(21)20-7-4-15(2,5-8-20)13-3-6-18-19-13/h3,6,9-10H,4-5,7-8H2,1-2H3,(H,18,19). The molecule has 1 N–H and O–H groups in total. The zero-order valence-electron chi connectivity index (χ0n) is 12.3. The van der Waals surface area contributed by atoms with Gasteiger partial charge in [-0.15, -0.1) is 0 Å². The number of nitrogens with zero attached hydrogens (tertiary/aromatic N) is 4. The van der Waals surface area contributed by atoms with Gasteiger partial charge in [0.05, 0.1) is 5.56 Å². The second-order valence-corrected chi connectivity index (χ2v) is 5.84. The predicted molar refractivity (Wildman–Crippen MR) is 77.8 cm³/mol. The van der Waals surface area contributed by atoms with Crippen LogP contribution in [0.4, 0.5) is 0 Å². The summed E-state index contributed by atoms with van der Waals surface area (Å²) in [6.07, 6.45) is 6.84. The van der Waals surface area contributed by atoms with Crippen LogP contribution in [0.3, 0.4) is 0 Å². The smallest absolute Gasteiger partial charge is 0.256 e. The fourth-order valence-electron chi connectivity index (χ4n) is 2.75. The normalized spacial score (nSPS) is 17.7. The van der Waals surface area contributed by atoms with Crippen molar-refractivity contribution in [1.82, 2.24) is 25.1 Å². The molecule has 6 heteroatoms. The van der Waals surface area contributed by atoms with E-state index in [9.17, 15) is 4.79 Å². The van der Waals surface area contributed by atoms with Crippen LogP contribution in [0.5, 0.6) is 0 Å². The molecule has 110 valence electrons. The Kier molecular flexibility index (Phi) is 3.45. The van der Waals surface area contributed by atoms with Gasteiger partial charge in [0.1, 0.15) is 5.82 Å². The van der Waals surface area contributed by atoms with Gasteiger partial charge < -0.3 is 4.90 Å². The first-order valence-electron chi connectivity index (χ1n) is 7.16. The topological polar surface area (TPSA) is 74.8 Å². The van der Waals surface area contributed by atoms with Crippen molar-refractivity contribution in [2.75, 3.05) is 13.1 Å². The van der Waals surface area contributed by atoms with Gasteiger partial charge in [-0.25, -0.2) is 9.97 Å². The van der Waals surface area contributed by atoms with Crippen LogP contribution in [0.1, 0.15) is 41.6 Å². The summed E-state index contributed by atoms with van der Waals surface area (Å²) in [6, 6.07) is 2.02. The first-order chi connectivity index (χ1) is 10.1. The Labute approximate surface area is 123 Å². The van der Waals surface area contributed by atoms with Crippen LogP contribution in [-0.4, -0.2) is 44.1 Å². The average Bonchev–Trinajstić information content (AvgIpc) is 3.03. The molecule has 0 spiro atoms. The maximum absolute atomic E-state index is 12.4.